The Labute approximate surface area is 204 Å². The molecule has 0 bridgehead atoms. The Bertz CT molecular complexity index is 1090. The molecule has 0 saturated carbocycles. The molecule has 2 aromatic rings. The zero-order valence-electron chi connectivity index (χ0n) is 19.7. The number of aromatic nitrogens is 3. The van der Waals surface area contributed by atoms with Gasteiger partial charge in [-0.1, -0.05) is 12.1 Å². The van der Waals surface area contributed by atoms with E-state index in [1.165, 1.54) is 29.0 Å². The molecule has 3 rings (SSSR count). The number of esters is 1. The van der Waals surface area contributed by atoms with Crippen LogP contribution in [-0.2, 0) is 14.3 Å². The van der Waals surface area contributed by atoms with E-state index < -0.39 is 47.9 Å². The standard InChI is InChI=1S/C23H27F3N4O6/c1-3-36-21(33)17(22(34,35)23(24,25)26)12-19(31)15-9-8-14(2)29(13-15)20(32)16-6-4-5-7-18(16)30-27-10-11-28-30/h4-7,10-11,14-15,17,34-35H,3,8-9,12-13H2,1-2H3/t14-,15-,17?/m1/s1. The number of likely N-dealkylation sites (tertiary alicyclic amines) is 1. The maximum atomic E-state index is 13.4. The number of alkyl halides is 3. The Morgan fingerprint density at radius 1 is 1.14 bits per heavy atom. The van der Waals surface area contributed by atoms with Crippen LogP contribution in [0.5, 0.6) is 0 Å². The molecule has 2 heterocycles. The van der Waals surface area contributed by atoms with Crippen molar-refractivity contribution in [2.45, 2.75) is 51.1 Å². The zero-order chi connectivity index (χ0) is 26.7. The van der Waals surface area contributed by atoms with E-state index in [-0.39, 0.29) is 31.2 Å². The lowest BCUT2D eigenvalue weighted by molar-refractivity contribution is -0.366. The molecule has 1 unspecified atom stereocenters. The molecule has 1 aliphatic rings. The van der Waals surface area contributed by atoms with E-state index >= 15 is 0 Å². The van der Waals surface area contributed by atoms with E-state index in [0.717, 1.165) is 0 Å². The summed E-state index contributed by atoms with van der Waals surface area (Å²) in [7, 11) is 0. The van der Waals surface area contributed by atoms with E-state index in [1.54, 1.807) is 31.2 Å². The van der Waals surface area contributed by atoms with Crippen molar-refractivity contribution in [1.29, 1.82) is 0 Å². The molecule has 0 spiro atoms. The van der Waals surface area contributed by atoms with Gasteiger partial charge in [0.2, 0.25) is 0 Å². The van der Waals surface area contributed by atoms with Gasteiger partial charge in [0, 0.05) is 24.9 Å². The number of piperidine rings is 1. The van der Waals surface area contributed by atoms with Crippen molar-refractivity contribution in [2.24, 2.45) is 11.8 Å². The Morgan fingerprint density at radius 2 is 1.78 bits per heavy atom. The minimum Gasteiger partial charge on any atom is -0.466 e. The monoisotopic (exact) mass is 512 g/mol. The number of ketones is 1. The van der Waals surface area contributed by atoms with Gasteiger partial charge in [0.1, 0.15) is 11.7 Å². The Morgan fingerprint density at radius 3 is 2.39 bits per heavy atom. The van der Waals surface area contributed by atoms with Crippen LogP contribution in [0.1, 0.15) is 43.5 Å². The molecule has 0 radical (unpaired) electrons. The Balaban J connectivity index is 1.82. The first kappa shape index (κ1) is 27.3. The highest BCUT2D eigenvalue weighted by Gasteiger charge is 2.61. The van der Waals surface area contributed by atoms with E-state index in [1.807, 2.05) is 0 Å². The average Bonchev–Trinajstić information content (AvgIpc) is 3.36. The highest BCUT2D eigenvalue weighted by atomic mass is 19.4. The fourth-order valence-corrected chi connectivity index (χ4v) is 4.17. The summed E-state index contributed by atoms with van der Waals surface area (Å²) in [6, 6.07) is 6.29. The van der Waals surface area contributed by atoms with E-state index in [0.29, 0.717) is 12.1 Å². The summed E-state index contributed by atoms with van der Waals surface area (Å²) in [4.78, 5) is 41.3. The minimum atomic E-state index is -5.60. The van der Waals surface area contributed by atoms with Gasteiger partial charge in [0.05, 0.1) is 30.3 Å². The molecule has 36 heavy (non-hydrogen) atoms. The number of aliphatic hydroxyl groups is 2. The first-order valence-corrected chi connectivity index (χ1v) is 11.4. The number of carbonyl (C=O) groups excluding carboxylic acids is 3. The number of benzene rings is 1. The van der Waals surface area contributed by atoms with Crippen LogP contribution in [0.4, 0.5) is 13.2 Å². The molecular weight excluding hydrogens is 485 g/mol. The second-order valence-electron chi connectivity index (χ2n) is 8.62. The van der Waals surface area contributed by atoms with Crippen molar-refractivity contribution >= 4 is 17.7 Å². The number of halogens is 3. The normalized spacial score (nSPS) is 19.6. The third-order valence-electron chi connectivity index (χ3n) is 6.25. The first-order chi connectivity index (χ1) is 16.9. The van der Waals surface area contributed by atoms with Gasteiger partial charge in [-0.15, -0.1) is 0 Å². The number of Topliss-reactive ketones (excluding diaryl/α,β-unsaturated/α-hetero) is 1. The van der Waals surface area contributed by atoms with Crippen LogP contribution >= 0.6 is 0 Å². The number of amides is 1. The molecule has 13 heteroatoms. The molecule has 0 aliphatic carbocycles. The van der Waals surface area contributed by atoms with E-state index in [2.05, 4.69) is 14.9 Å². The quantitative estimate of drug-likeness (QED) is 0.405. The number of rotatable bonds is 8. The van der Waals surface area contributed by atoms with Crippen molar-refractivity contribution in [1.82, 2.24) is 19.9 Å². The van der Waals surface area contributed by atoms with Crippen LogP contribution in [0.2, 0.25) is 0 Å². The molecule has 10 nitrogen and oxygen atoms in total. The van der Waals surface area contributed by atoms with Crippen LogP contribution < -0.4 is 0 Å². The molecule has 1 aromatic heterocycles. The maximum absolute atomic E-state index is 13.4. The summed E-state index contributed by atoms with van der Waals surface area (Å²) in [6.45, 7) is 2.69. The molecule has 2 N–H and O–H groups in total. The van der Waals surface area contributed by atoms with Crippen molar-refractivity contribution in [3.05, 3.63) is 42.2 Å². The molecule has 3 atom stereocenters. The van der Waals surface area contributed by atoms with Crippen molar-refractivity contribution in [2.75, 3.05) is 13.2 Å². The van der Waals surface area contributed by atoms with Crippen LogP contribution in [0.25, 0.3) is 5.69 Å². The fourth-order valence-electron chi connectivity index (χ4n) is 4.17. The summed E-state index contributed by atoms with van der Waals surface area (Å²) in [5.41, 5.74) is 0.672. The lowest BCUT2D eigenvalue weighted by atomic mass is 9.83. The zero-order valence-corrected chi connectivity index (χ0v) is 19.7. The number of hydrogen-bond acceptors (Lipinski definition) is 8. The van der Waals surface area contributed by atoms with Crippen molar-refractivity contribution in [3.63, 3.8) is 0 Å². The summed E-state index contributed by atoms with van der Waals surface area (Å²) >= 11 is 0. The molecule has 196 valence electrons. The second-order valence-corrected chi connectivity index (χ2v) is 8.62. The van der Waals surface area contributed by atoms with Gasteiger partial charge in [0.25, 0.3) is 11.7 Å². The SMILES string of the molecule is CCOC(=O)C(CC(=O)[C@@H]1CC[C@@H](C)N(C(=O)c2ccccc2-n2nccn2)C1)C(O)(O)C(F)(F)F. The first-order valence-electron chi connectivity index (χ1n) is 11.4. The summed E-state index contributed by atoms with van der Waals surface area (Å²) in [6.07, 6.45) is -3.20. The van der Waals surface area contributed by atoms with Gasteiger partial charge in [0.15, 0.2) is 0 Å². The predicted octanol–water partition coefficient (Wildman–Crippen LogP) is 1.89. The molecule has 1 fully saturated rings. The topological polar surface area (TPSA) is 135 Å². The van der Waals surface area contributed by atoms with Gasteiger partial charge in [-0.25, -0.2) is 0 Å². The molecule has 1 aliphatic heterocycles. The number of ether oxygens (including phenoxy) is 1. The highest BCUT2D eigenvalue weighted by molar-refractivity contribution is 5.98. The van der Waals surface area contributed by atoms with E-state index in [4.69, 9.17) is 0 Å². The smallest absolute Gasteiger partial charge is 0.443 e. The van der Waals surface area contributed by atoms with Crippen molar-refractivity contribution in [3.8, 4) is 5.69 Å². The van der Waals surface area contributed by atoms with Crippen LogP contribution in [-0.4, -0.2) is 78.9 Å². The molecular formula is C23H27F3N4O6. The lowest BCUT2D eigenvalue weighted by Gasteiger charge is -2.38. The number of hydrogen-bond donors (Lipinski definition) is 2. The van der Waals surface area contributed by atoms with Gasteiger partial charge in [-0.05, 0) is 38.8 Å². The Hall–Kier alpha value is -3.32. The van der Waals surface area contributed by atoms with Gasteiger partial charge < -0.3 is 19.8 Å². The van der Waals surface area contributed by atoms with E-state index in [9.17, 15) is 37.8 Å². The van der Waals surface area contributed by atoms with Gasteiger partial charge >= 0.3 is 12.1 Å². The third kappa shape index (κ3) is 5.57. The van der Waals surface area contributed by atoms with Gasteiger partial charge in [-0.2, -0.15) is 28.2 Å². The maximum Gasteiger partial charge on any atom is 0.443 e. The second kappa shape index (κ2) is 10.7. The van der Waals surface area contributed by atoms with Gasteiger partial charge in [-0.3, -0.25) is 14.4 Å². The third-order valence-corrected chi connectivity index (χ3v) is 6.25. The summed E-state index contributed by atoms with van der Waals surface area (Å²) in [5, 5.41) is 27.5. The van der Waals surface area contributed by atoms with Crippen LogP contribution in [0.3, 0.4) is 0 Å². The summed E-state index contributed by atoms with van der Waals surface area (Å²) in [5.74, 6) is -10.7. The predicted molar refractivity (Wildman–Crippen MR) is 118 cm³/mol. The highest BCUT2D eigenvalue weighted by Crippen LogP contribution is 2.38. The minimum absolute atomic E-state index is 0.120. The largest absolute Gasteiger partial charge is 0.466 e. The average molecular weight is 512 g/mol. The Kier molecular flexibility index (Phi) is 8.14. The number of para-hydroxylation sites is 1. The summed E-state index contributed by atoms with van der Waals surface area (Å²) < 4.78 is 44.3. The van der Waals surface area contributed by atoms with Crippen LogP contribution in [0, 0.1) is 11.8 Å². The number of nitrogens with zero attached hydrogens (tertiary/aromatic N) is 4. The molecule has 1 amide bonds. The molecule has 1 aromatic carbocycles. The lowest BCUT2D eigenvalue weighted by Crippen LogP contribution is -2.55. The van der Waals surface area contributed by atoms with Crippen LogP contribution in [0.15, 0.2) is 36.7 Å². The molecule has 1 saturated heterocycles. The number of carbonyl (C=O) groups is 3. The fraction of sp³-hybridized carbons (Fsp3) is 0.522. The van der Waals surface area contributed by atoms with Crippen molar-refractivity contribution < 1.29 is 42.5 Å².